The molecule has 9 nitrogen and oxygen atoms in total. The van der Waals surface area contributed by atoms with Crippen LogP contribution in [0.4, 0.5) is 0 Å². The van der Waals surface area contributed by atoms with Crippen molar-refractivity contribution >= 4 is 11.8 Å². The molecule has 0 aromatic heterocycles. The lowest BCUT2D eigenvalue weighted by Gasteiger charge is -2.38. The van der Waals surface area contributed by atoms with Gasteiger partial charge in [0.15, 0.2) is 6.29 Å². The first-order chi connectivity index (χ1) is 10.9. The van der Waals surface area contributed by atoms with Gasteiger partial charge in [-0.25, -0.2) is 0 Å². The Labute approximate surface area is 135 Å². The third kappa shape index (κ3) is 6.40. The monoisotopic (exact) mass is 334 g/mol. The fourth-order valence-electron chi connectivity index (χ4n) is 2.12. The van der Waals surface area contributed by atoms with E-state index < -0.39 is 30.7 Å². The third-order valence-electron chi connectivity index (χ3n) is 3.47. The number of aliphatic hydroxyl groups excluding tert-OH is 3. The highest BCUT2D eigenvalue weighted by Gasteiger charge is 2.42. The van der Waals surface area contributed by atoms with Crippen LogP contribution in [-0.4, -0.2) is 77.5 Å². The summed E-state index contributed by atoms with van der Waals surface area (Å²) in [6, 6.07) is 0. The summed E-state index contributed by atoms with van der Waals surface area (Å²) in [5.74, 6) is -0.465. The van der Waals surface area contributed by atoms with Crippen LogP contribution in [0.2, 0.25) is 0 Å². The summed E-state index contributed by atoms with van der Waals surface area (Å²) < 4.78 is 10.5. The number of hydrogen-bond donors (Lipinski definition) is 5. The van der Waals surface area contributed by atoms with E-state index in [-0.39, 0.29) is 37.8 Å². The minimum atomic E-state index is -1.37. The molecule has 0 aromatic rings. The Kier molecular flexibility index (Phi) is 8.42. The molecule has 1 rings (SSSR count). The van der Waals surface area contributed by atoms with Crippen molar-refractivity contribution in [1.29, 1.82) is 0 Å². The van der Waals surface area contributed by atoms with E-state index in [2.05, 4.69) is 10.6 Å². The first-order valence-corrected chi connectivity index (χ1v) is 7.71. The first kappa shape index (κ1) is 19.8. The van der Waals surface area contributed by atoms with Gasteiger partial charge >= 0.3 is 0 Å². The Morgan fingerprint density at radius 1 is 1.04 bits per heavy atom. The molecule has 1 aliphatic heterocycles. The minimum absolute atomic E-state index is 0.0597. The molecule has 9 heteroatoms. The molecule has 1 fully saturated rings. The summed E-state index contributed by atoms with van der Waals surface area (Å²) >= 11 is 0. The molecular weight excluding hydrogens is 308 g/mol. The summed E-state index contributed by atoms with van der Waals surface area (Å²) in [6.07, 6.45) is -5.45. The Hall–Kier alpha value is -1.26. The van der Waals surface area contributed by atoms with E-state index in [1.54, 1.807) is 13.8 Å². The first-order valence-electron chi connectivity index (χ1n) is 7.71. The summed E-state index contributed by atoms with van der Waals surface area (Å²) in [6.45, 7) is 4.11. The normalized spacial score (nSPS) is 30.7. The maximum absolute atomic E-state index is 11.5. The van der Waals surface area contributed by atoms with Crippen molar-refractivity contribution in [1.82, 2.24) is 10.6 Å². The Morgan fingerprint density at radius 3 is 2.26 bits per heavy atom. The molecule has 2 amide bonds. The second kappa shape index (κ2) is 9.78. The third-order valence-corrected chi connectivity index (χ3v) is 3.47. The summed E-state index contributed by atoms with van der Waals surface area (Å²) in [5, 5.41) is 34.1. The maximum Gasteiger partial charge on any atom is 0.220 e. The molecule has 0 spiro atoms. The zero-order valence-electron chi connectivity index (χ0n) is 13.4. The summed E-state index contributed by atoms with van der Waals surface area (Å²) in [4.78, 5) is 22.7. The lowest BCUT2D eigenvalue weighted by Crippen LogP contribution is -2.57. The smallest absolute Gasteiger partial charge is 0.220 e. The summed E-state index contributed by atoms with van der Waals surface area (Å²) in [7, 11) is 0. The molecule has 0 radical (unpaired) electrons. The average molecular weight is 334 g/mol. The molecular formula is C14H26N2O7. The highest BCUT2D eigenvalue weighted by atomic mass is 16.7. The van der Waals surface area contributed by atoms with Crippen molar-refractivity contribution in [3.63, 3.8) is 0 Å². The number of carbonyl (C=O) groups excluding carboxylic acids is 2. The highest BCUT2D eigenvalue weighted by Crippen LogP contribution is 2.21. The van der Waals surface area contributed by atoms with E-state index >= 15 is 0 Å². The van der Waals surface area contributed by atoms with Gasteiger partial charge in [-0.2, -0.15) is 0 Å². The van der Waals surface area contributed by atoms with Crippen LogP contribution < -0.4 is 10.6 Å². The van der Waals surface area contributed by atoms with Crippen molar-refractivity contribution in [2.24, 2.45) is 0 Å². The number of rotatable bonds is 8. The van der Waals surface area contributed by atoms with Gasteiger partial charge in [-0.3, -0.25) is 9.59 Å². The van der Waals surface area contributed by atoms with Crippen LogP contribution in [0.15, 0.2) is 0 Å². The molecule has 134 valence electrons. The number of aliphatic hydroxyl groups is 3. The van der Waals surface area contributed by atoms with Gasteiger partial charge in [-0.05, 0) is 13.8 Å². The van der Waals surface area contributed by atoms with Gasteiger partial charge in [0.05, 0.1) is 12.7 Å². The van der Waals surface area contributed by atoms with Crippen LogP contribution in [0.25, 0.3) is 0 Å². The van der Waals surface area contributed by atoms with Gasteiger partial charge in [-0.15, -0.1) is 0 Å². The van der Waals surface area contributed by atoms with E-state index in [0.717, 1.165) is 0 Å². The van der Waals surface area contributed by atoms with Crippen molar-refractivity contribution in [3.8, 4) is 0 Å². The van der Waals surface area contributed by atoms with Gasteiger partial charge in [0.2, 0.25) is 11.8 Å². The molecule has 23 heavy (non-hydrogen) atoms. The van der Waals surface area contributed by atoms with Gasteiger partial charge < -0.3 is 35.4 Å². The fraction of sp³-hybridized carbons (Fsp3) is 0.857. The zero-order valence-corrected chi connectivity index (χ0v) is 13.4. The van der Waals surface area contributed by atoms with E-state index in [4.69, 9.17) is 9.47 Å². The molecule has 0 unspecified atom stereocenters. The molecule has 1 saturated heterocycles. The molecule has 0 aliphatic carbocycles. The second-order valence-corrected chi connectivity index (χ2v) is 5.36. The van der Waals surface area contributed by atoms with Gasteiger partial charge in [0.25, 0.3) is 0 Å². The van der Waals surface area contributed by atoms with Crippen molar-refractivity contribution in [2.75, 3.05) is 19.7 Å². The molecule has 5 atom stereocenters. The maximum atomic E-state index is 11.5. The highest BCUT2D eigenvalue weighted by molar-refractivity contribution is 5.83. The number of nitrogens with one attached hydrogen (secondary N) is 2. The number of carbonyl (C=O) groups is 2. The Morgan fingerprint density at radius 2 is 1.65 bits per heavy atom. The lowest BCUT2D eigenvalue weighted by molar-refractivity contribution is -0.292. The molecule has 5 N–H and O–H groups in total. The summed E-state index contributed by atoms with van der Waals surface area (Å²) in [5.41, 5.74) is 0. The largest absolute Gasteiger partial charge is 0.388 e. The topological polar surface area (TPSA) is 137 Å². The molecule has 0 aromatic carbocycles. The van der Waals surface area contributed by atoms with Gasteiger partial charge in [0.1, 0.15) is 18.3 Å². The van der Waals surface area contributed by atoms with Crippen LogP contribution in [0, 0.1) is 0 Å². The lowest BCUT2D eigenvalue weighted by atomic mass is 10.0. The number of amides is 2. The standard InChI is InChI=1S/C14H26N2O7/c1-3-15-9(17)4-5-10(18)16-6-7-22-14-13(21)12(20)11(19)8(2)23-14/h8,11-14,19-21H,3-7H2,1-2H3,(H,15,17)(H,16,18)/t8-,11+,12+,13-,14+/m0/s1. The van der Waals surface area contributed by atoms with E-state index in [1.165, 1.54) is 0 Å². The van der Waals surface area contributed by atoms with Crippen molar-refractivity contribution < 1.29 is 34.4 Å². The molecule has 1 aliphatic rings. The van der Waals surface area contributed by atoms with Crippen LogP contribution in [0.3, 0.4) is 0 Å². The van der Waals surface area contributed by atoms with E-state index in [9.17, 15) is 24.9 Å². The number of hydrogen-bond acceptors (Lipinski definition) is 7. The molecule has 0 bridgehead atoms. The number of ether oxygens (including phenoxy) is 2. The molecule has 1 heterocycles. The minimum Gasteiger partial charge on any atom is -0.388 e. The fourth-order valence-corrected chi connectivity index (χ4v) is 2.12. The average Bonchev–Trinajstić information content (AvgIpc) is 2.52. The van der Waals surface area contributed by atoms with Crippen LogP contribution in [-0.2, 0) is 19.1 Å². The predicted octanol–water partition coefficient (Wildman–Crippen LogP) is -2.14. The van der Waals surface area contributed by atoms with Crippen molar-refractivity contribution in [2.45, 2.75) is 57.4 Å². The second-order valence-electron chi connectivity index (χ2n) is 5.36. The molecule has 0 saturated carbocycles. The van der Waals surface area contributed by atoms with Crippen LogP contribution in [0.1, 0.15) is 26.7 Å². The SMILES string of the molecule is CCNC(=O)CCC(=O)NCCO[C@@H]1O[C@@H](C)[C@@H](O)[C@@H](O)[C@@H]1O. The van der Waals surface area contributed by atoms with Gasteiger partial charge in [0, 0.05) is 25.9 Å². The predicted molar refractivity (Wildman–Crippen MR) is 79.2 cm³/mol. The Bertz CT molecular complexity index is 393. The van der Waals surface area contributed by atoms with Crippen LogP contribution >= 0.6 is 0 Å². The van der Waals surface area contributed by atoms with Crippen molar-refractivity contribution in [3.05, 3.63) is 0 Å². The van der Waals surface area contributed by atoms with E-state index in [1.807, 2.05) is 0 Å². The Balaban J connectivity index is 2.19. The van der Waals surface area contributed by atoms with Crippen LogP contribution in [0.5, 0.6) is 0 Å². The quantitative estimate of drug-likeness (QED) is 0.320. The van der Waals surface area contributed by atoms with E-state index in [0.29, 0.717) is 6.54 Å². The zero-order chi connectivity index (χ0) is 17.4. The van der Waals surface area contributed by atoms with Gasteiger partial charge in [-0.1, -0.05) is 0 Å².